The molecule has 0 aliphatic carbocycles. The fourth-order valence-electron chi connectivity index (χ4n) is 0.769. The van der Waals surface area contributed by atoms with Crippen LogP contribution in [0.25, 0.3) is 0 Å². The van der Waals surface area contributed by atoms with Gasteiger partial charge >= 0.3 is 11.9 Å². The molecule has 0 amide bonds. The molecule has 0 atom stereocenters. The van der Waals surface area contributed by atoms with Gasteiger partial charge in [0.15, 0.2) is 0 Å². The number of carboxylic acids is 1. The quantitative estimate of drug-likeness (QED) is 0.626. The fourth-order valence-corrected chi connectivity index (χ4v) is 0.769. The van der Waals surface area contributed by atoms with Gasteiger partial charge in [0, 0.05) is 11.1 Å². The fraction of sp³-hybridized carbons (Fsp3) is 0.625. The normalized spacial score (nSPS) is 9.25. The molecule has 4 heteroatoms. The van der Waals surface area contributed by atoms with E-state index in [2.05, 4.69) is 0 Å². The van der Waals surface area contributed by atoms with Gasteiger partial charge in [0.25, 0.3) is 0 Å². The molecule has 0 bridgehead atoms. The second-order valence-electron chi connectivity index (χ2n) is 5.55. The van der Waals surface area contributed by atoms with Gasteiger partial charge in [-0.15, -0.1) is 0 Å². The molecule has 0 heterocycles. The molecule has 116 valence electrons. The number of rotatable bonds is 4. The van der Waals surface area contributed by atoms with E-state index in [0.29, 0.717) is 18.1 Å². The van der Waals surface area contributed by atoms with E-state index in [4.69, 9.17) is 9.84 Å². The lowest BCUT2D eigenvalue weighted by atomic mass is 10.2. The molecule has 0 aliphatic heterocycles. The van der Waals surface area contributed by atoms with Gasteiger partial charge in [0.05, 0.1) is 6.61 Å². The summed E-state index contributed by atoms with van der Waals surface area (Å²) in [5, 5.41) is 8.29. The van der Waals surface area contributed by atoms with Gasteiger partial charge in [-0.2, -0.15) is 0 Å². The Morgan fingerprint density at radius 1 is 0.900 bits per heavy atom. The Labute approximate surface area is 122 Å². The van der Waals surface area contributed by atoms with Gasteiger partial charge < -0.3 is 9.84 Å². The maximum Gasteiger partial charge on any atom is 0.333 e. The highest BCUT2D eigenvalue weighted by atomic mass is 16.5. The van der Waals surface area contributed by atoms with Crippen LogP contribution in [0, 0.1) is 5.92 Å². The lowest BCUT2D eigenvalue weighted by Gasteiger charge is -2.07. The minimum absolute atomic E-state index is 0.191. The van der Waals surface area contributed by atoms with Crippen LogP contribution in [-0.2, 0) is 14.3 Å². The summed E-state index contributed by atoms with van der Waals surface area (Å²) in [6.07, 6.45) is 0. The van der Waals surface area contributed by atoms with Crippen LogP contribution in [0.1, 0.15) is 55.4 Å². The maximum absolute atomic E-state index is 11.2. The Morgan fingerprint density at radius 2 is 1.30 bits per heavy atom. The lowest BCUT2D eigenvalue weighted by molar-refractivity contribution is -0.140. The molecule has 0 aromatic carbocycles. The predicted molar refractivity (Wildman–Crippen MR) is 81.5 cm³/mol. The molecule has 0 aromatic rings. The first kappa shape index (κ1) is 20.7. The minimum Gasteiger partial charge on any atom is -0.478 e. The summed E-state index contributed by atoms with van der Waals surface area (Å²) in [6, 6.07) is 0. The third-order valence-corrected chi connectivity index (χ3v) is 2.67. The molecule has 0 saturated carbocycles. The number of ether oxygens (including phenoxy) is 1. The van der Waals surface area contributed by atoms with Gasteiger partial charge in [0.2, 0.25) is 0 Å². The first-order valence-corrected chi connectivity index (χ1v) is 6.69. The maximum atomic E-state index is 11.2. The molecule has 0 rings (SSSR count). The molecule has 0 radical (unpaired) electrons. The van der Waals surface area contributed by atoms with Crippen molar-refractivity contribution in [2.75, 3.05) is 6.61 Å². The van der Waals surface area contributed by atoms with Crippen LogP contribution in [0.3, 0.4) is 0 Å². The van der Waals surface area contributed by atoms with Gasteiger partial charge in [0.1, 0.15) is 0 Å². The second kappa shape index (κ2) is 10.2. The highest BCUT2D eigenvalue weighted by Gasteiger charge is 2.07. The van der Waals surface area contributed by atoms with Crippen molar-refractivity contribution < 1.29 is 19.4 Å². The summed E-state index contributed by atoms with van der Waals surface area (Å²) >= 11 is 0. The number of aliphatic carboxylic acids is 1. The SMILES string of the molecule is CC(C)=C(C)C(=O)O.CC(C)=C(C)C(=O)OCC(C)C. The van der Waals surface area contributed by atoms with Crippen molar-refractivity contribution >= 4 is 11.9 Å². The molecule has 1 N–H and O–H groups in total. The number of carbonyl (C=O) groups excluding carboxylic acids is 1. The lowest BCUT2D eigenvalue weighted by Crippen LogP contribution is -2.11. The zero-order valence-electron chi connectivity index (χ0n) is 14.0. The smallest absolute Gasteiger partial charge is 0.333 e. The molecular weight excluding hydrogens is 256 g/mol. The molecule has 0 saturated heterocycles. The Kier molecular flexibility index (Phi) is 10.6. The van der Waals surface area contributed by atoms with Crippen LogP contribution in [0.4, 0.5) is 0 Å². The van der Waals surface area contributed by atoms with Gasteiger partial charge in [-0.3, -0.25) is 0 Å². The van der Waals surface area contributed by atoms with Crippen LogP contribution in [0.5, 0.6) is 0 Å². The predicted octanol–water partition coefficient (Wildman–Crippen LogP) is 3.97. The van der Waals surface area contributed by atoms with Crippen molar-refractivity contribution in [3.05, 3.63) is 22.3 Å². The van der Waals surface area contributed by atoms with E-state index >= 15 is 0 Å². The monoisotopic (exact) mass is 284 g/mol. The van der Waals surface area contributed by atoms with E-state index in [0.717, 1.165) is 16.7 Å². The topological polar surface area (TPSA) is 63.6 Å². The number of esters is 1. The highest BCUT2D eigenvalue weighted by Crippen LogP contribution is 2.05. The average molecular weight is 284 g/mol. The number of carboxylic acid groups (broad SMARTS) is 1. The van der Waals surface area contributed by atoms with Crippen LogP contribution in [0.15, 0.2) is 22.3 Å². The third-order valence-electron chi connectivity index (χ3n) is 2.67. The van der Waals surface area contributed by atoms with E-state index in [1.807, 2.05) is 27.7 Å². The first-order chi connectivity index (χ1) is 9.00. The van der Waals surface area contributed by atoms with Crippen molar-refractivity contribution in [3.8, 4) is 0 Å². The summed E-state index contributed by atoms with van der Waals surface area (Å²) in [5.74, 6) is -0.618. The average Bonchev–Trinajstić information content (AvgIpc) is 2.34. The first-order valence-electron chi connectivity index (χ1n) is 6.69. The molecule has 0 spiro atoms. The van der Waals surface area contributed by atoms with Crippen LogP contribution < -0.4 is 0 Å². The molecule has 0 fully saturated rings. The highest BCUT2D eigenvalue weighted by molar-refractivity contribution is 5.88. The van der Waals surface area contributed by atoms with Crippen LogP contribution in [0.2, 0.25) is 0 Å². The zero-order valence-corrected chi connectivity index (χ0v) is 14.0. The second-order valence-corrected chi connectivity index (χ2v) is 5.55. The molecule has 0 aliphatic rings. The minimum atomic E-state index is -0.829. The van der Waals surface area contributed by atoms with E-state index < -0.39 is 5.97 Å². The van der Waals surface area contributed by atoms with E-state index in [1.165, 1.54) is 0 Å². The van der Waals surface area contributed by atoms with Gasteiger partial charge in [-0.05, 0) is 47.5 Å². The van der Waals surface area contributed by atoms with E-state index in [1.54, 1.807) is 27.7 Å². The van der Waals surface area contributed by atoms with Crippen molar-refractivity contribution in [2.24, 2.45) is 5.92 Å². The van der Waals surface area contributed by atoms with Crippen molar-refractivity contribution in [1.82, 2.24) is 0 Å². The summed E-state index contributed by atoms with van der Waals surface area (Å²) in [5.41, 5.74) is 3.03. The van der Waals surface area contributed by atoms with Gasteiger partial charge in [-0.1, -0.05) is 25.0 Å². The van der Waals surface area contributed by atoms with Crippen LogP contribution >= 0.6 is 0 Å². The molecule has 0 aromatic heterocycles. The molecule has 20 heavy (non-hydrogen) atoms. The van der Waals surface area contributed by atoms with E-state index in [-0.39, 0.29) is 5.97 Å². The number of hydrogen-bond acceptors (Lipinski definition) is 3. The Morgan fingerprint density at radius 3 is 1.50 bits per heavy atom. The zero-order chi connectivity index (χ0) is 16.5. The standard InChI is InChI=1S/C10H18O2.C6H10O2/c1-7(2)6-12-10(11)9(5)8(3)4;1-4(2)5(3)6(7)8/h7H,6H2,1-5H3;1-3H3,(H,7,8). The van der Waals surface area contributed by atoms with Crippen molar-refractivity contribution in [2.45, 2.75) is 55.4 Å². The summed E-state index contributed by atoms with van der Waals surface area (Å²) in [6.45, 7) is 15.3. The van der Waals surface area contributed by atoms with Crippen molar-refractivity contribution in [3.63, 3.8) is 0 Å². The largest absolute Gasteiger partial charge is 0.478 e. The summed E-state index contributed by atoms with van der Waals surface area (Å²) < 4.78 is 5.03. The molecule has 4 nitrogen and oxygen atoms in total. The molecular formula is C16H28O4. The Hall–Kier alpha value is -1.58. The van der Waals surface area contributed by atoms with Gasteiger partial charge in [-0.25, -0.2) is 9.59 Å². The van der Waals surface area contributed by atoms with Crippen LogP contribution in [-0.4, -0.2) is 23.7 Å². The summed E-state index contributed by atoms with van der Waals surface area (Å²) in [7, 11) is 0. The Balaban J connectivity index is 0. The summed E-state index contributed by atoms with van der Waals surface area (Å²) in [4.78, 5) is 21.3. The number of allylic oxidation sites excluding steroid dienone is 2. The number of hydrogen-bond donors (Lipinski definition) is 1. The van der Waals surface area contributed by atoms with Crippen molar-refractivity contribution in [1.29, 1.82) is 0 Å². The third kappa shape index (κ3) is 10.4. The number of carbonyl (C=O) groups is 2. The van der Waals surface area contributed by atoms with E-state index in [9.17, 15) is 9.59 Å². The Bertz CT molecular complexity index is 393. The molecule has 0 unspecified atom stereocenters.